The van der Waals surface area contributed by atoms with Gasteiger partial charge in [0.25, 0.3) is 0 Å². The molecule has 0 saturated heterocycles. The summed E-state index contributed by atoms with van der Waals surface area (Å²) >= 11 is 0. The Kier molecular flexibility index (Phi) is 4.19. The predicted molar refractivity (Wildman–Crippen MR) is 80.8 cm³/mol. The number of rotatable bonds is 4. The molecule has 0 bridgehead atoms. The molecule has 2 nitrogen and oxygen atoms in total. The topological polar surface area (TPSA) is 21.3 Å². The minimum atomic E-state index is 0.329. The van der Waals surface area contributed by atoms with Crippen LogP contribution in [0.2, 0.25) is 0 Å². The van der Waals surface area contributed by atoms with E-state index in [1.165, 1.54) is 18.4 Å². The second-order valence-corrected chi connectivity index (χ2v) is 6.86. The number of benzene rings is 1. The fourth-order valence-electron chi connectivity index (χ4n) is 2.62. The van der Waals surface area contributed by atoms with Crippen LogP contribution in [0.15, 0.2) is 24.3 Å². The molecule has 0 amide bonds. The van der Waals surface area contributed by atoms with Crippen LogP contribution < -0.4 is 10.1 Å². The van der Waals surface area contributed by atoms with E-state index in [1.807, 2.05) is 6.07 Å². The first-order valence-electron chi connectivity index (χ1n) is 7.30. The fraction of sp³-hybridized carbons (Fsp3) is 0.647. The van der Waals surface area contributed by atoms with Crippen LogP contribution in [-0.2, 0) is 0 Å². The number of ether oxygens (including phenoxy) is 1. The third-order valence-electron chi connectivity index (χ3n) is 4.50. The van der Waals surface area contributed by atoms with Gasteiger partial charge >= 0.3 is 0 Å². The largest absolute Gasteiger partial charge is 0.496 e. The third kappa shape index (κ3) is 3.30. The average Bonchev–Trinajstić information content (AvgIpc) is 2.31. The molecule has 19 heavy (non-hydrogen) atoms. The Balaban J connectivity index is 1.90. The van der Waals surface area contributed by atoms with Crippen LogP contribution in [0.1, 0.15) is 52.0 Å². The van der Waals surface area contributed by atoms with E-state index < -0.39 is 0 Å². The normalized spacial score (nSPS) is 24.7. The molecule has 1 aromatic carbocycles. The smallest absolute Gasteiger partial charge is 0.122 e. The lowest BCUT2D eigenvalue weighted by atomic mass is 9.74. The molecule has 0 radical (unpaired) electrons. The highest BCUT2D eigenvalue weighted by Gasteiger charge is 2.34. The zero-order valence-corrected chi connectivity index (χ0v) is 12.9. The molecule has 1 aliphatic carbocycles. The van der Waals surface area contributed by atoms with Crippen LogP contribution in [-0.4, -0.2) is 19.2 Å². The minimum absolute atomic E-state index is 0.329. The molecule has 1 N–H and O–H groups in total. The van der Waals surface area contributed by atoms with Crippen LogP contribution in [0.5, 0.6) is 5.75 Å². The number of hydrogen-bond donors (Lipinski definition) is 1. The van der Waals surface area contributed by atoms with Gasteiger partial charge in [-0.05, 0) is 42.7 Å². The summed E-state index contributed by atoms with van der Waals surface area (Å²) < 4.78 is 5.45. The van der Waals surface area contributed by atoms with Gasteiger partial charge in [0.15, 0.2) is 0 Å². The zero-order chi connectivity index (χ0) is 14.0. The van der Waals surface area contributed by atoms with E-state index in [0.29, 0.717) is 23.4 Å². The number of nitrogens with one attached hydrogen (secondary N) is 1. The summed E-state index contributed by atoms with van der Waals surface area (Å²) in [5, 5.41) is 3.75. The molecule has 1 saturated carbocycles. The molecule has 1 fully saturated rings. The van der Waals surface area contributed by atoms with Crippen molar-refractivity contribution in [1.82, 2.24) is 5.32 Å². The maximum atomic E-state index is 5.45. The van der Waals surface area contributed by atoms with Gasteiger partial charge in [-0.1, -0.05) is 39.0 Å². The Morgan fingerprint density at radius 2 is 1.84 bits per heavy atom. The predicted octanol–water partition coefficient (Wildman–Crippen LogP) is 3.97. The van der Waals surface area contributed by atoms with E-state index >= 15 is 0 Å². The summed E-state index contributed by atoms with van der Waals surface area (Å²) in [4.78, 5) is 0. The van der Waals surface area contributed by atoms with Crippen molar-refractivity contribution in [2.45, 2.75) is 58.5 Å². The maximum Gasteiger partial charge on any atom is 0.122 e. The van der Waals surface area contributed by atoms with Crippen molar-refractivity contribution < 1.29 is 4.74 Å². The average molecular weight is 261 g/mol. The van der Waals surface area contributed by atoms with Gasteiger partial charge < -0.3 is 10.1 Å². The molecule has 0 spiro atoms. The third-order valence-corrected chi connectivity index (χ3v) is 4.50. The summed E-state index contributed by atoms with van der Waals surface area (Å²) in [6.45, 7) is 9.17. The lowest BCUT2D eigenvalue weighted by Crippen LogP contribution is -2.49. The first kappa shape index (κ1) is 14.4. The summed E-state index contributed by atoms with van der Waals surface area (Å²) in [7, 11) is 1.76. The van der Waals surface area contributed by atoms with Crippen molar-refractivity contribution in [3.8, 4) is 5.75 Å². The zero-order valence-electron chi connectivity index (χ0n) is 12.9. The molecule has 106 valence electrons. The molecular weight excluding hydrogens is 234 g/mol. The van der Waals surface area contributed by atoms with Crippen molar-refractivity contribution in [3.05, 3.63) is 29.8 Å². The molecule has 1 unspecified atom stereocenters. The molecule has 0 aromatic heterocycles. The highest BCUT2D eigenvalue weighted by molar-refractivity contribution is 5.37. The highest BCUT2D eigenvalue weighted by Crippen LogP contribution is 2.41. The van der Waals surface area contributed by atoms with Gasteiger partial charge in [0, 0.05) is 12.1 Å². The molecule has 2 heteroatoms. The first-order valence-corrected chi connectivity index (χ1v) is 7.30. The Morgan fingerprint density at radius 3 is 2.42 bits per heavy atom. The minimum Gasteiger partial charge on any atom is -0.496 e. The standard InChI is InChI=1S/C17H27NO/c1-12(17(2,3)4)18-14-10-13(11-14)15-8-6-7-9-16(15)19-5/h6-9,12-14,18H,10-11H2,1-5H3. The van der Waals surface area contributed by atoms with Gasteiger partial charge in [-0.15, -0.1) is 0 Å². The van der Waals surface area contributed by atoms with Crippen LogP contribution >= 0.6 is 0 Å². The lowest BCUT2D eigenvalue weighted by Gasteiger charge is -2.41. The van der Waals surface area contributed by atoms with Gasteiger partial charge in [-0.3, -0.25) is 0 Å². The molecule has 0 heterocycles. The quantitative estimate of drug-likeness (QED) is 0.885. The van der Waals surface area contributed by atoms with Crippen molar-refractivity contribution in [1.29, 1.82) is 0 Å². The van der Waals surface area contributed by atoms with Crippen molar-refractivity contribution in [3.63, 3.8) is 0 Å². The number of hydrogen-bond acceptors (Lipinski definition) is 2. The van der Waals surface area contributed by atoms with Crippen LogP contribution in [0.4, 0.5) is 0 Å². The van der Waals surface area contributed by atoms with Gasteiger partial charge in [0.2, 0.25) is 0 Å². The molecule has 1 atom stereocenters. The Bertz CT molecular complexity index is 416. The van der Waals surface area contributed by atoms with E-state index in [2.05, 4.69) is 51.2 Å². The highest BCUT2D eigenvalue weighted by atomic mass is 16.5. The number of para-hydroxylation sites is 1. The number of methoxy groups -OCH3 is 1. The van der Waals surface area contributed by atoms with E-state index in [0.717, 1.165) is 5.75 Å². The van der Waals surface area contributed by atoms with E-state index in [4.69, 9.17) is 4.74 Å². The van der Waals surface area contributed by atoms with E-state index in [-0.39, 0.29) is 0 Å². The van der Waals surface area contributed by atoms with Gasteiger partial charge in [0.05, 0.1) is 7.11 Å². The van der Waals surface area contributed by atoms with Gasteiger partial charge in [0.1, 0.15) is 5.75 Å². The van der Waals surface area contributed by atoms with Crippen LogP contribution in [0.25, 0.3) is 0 Å². The maximum absolute atomic E-state index is 5.45. The van der Waals surface area contributed by atoms with Gasteiger partial charge in [-0.2, -0.15) is 0 Å². The summed E-state index contributed by atoms with van der Waals surface area (Å²) in [5.74, 6) is 1.69. The van der Waals surface area contributed by atoms with Crippen molar-refractivity contribution in [2.75, 3.05) is 7.11 Å². The first-order chi connectivity index (χ1) is 8.91. The van der Waals surface area contributed by atoms with Crippen molar-refractivity contribution >= 4 is 0 Å². The Labute approximate surface area is 117 Å². The molecule has 1 aromatic rings. The second kappa shape index (κ2) is 5.54. The Hall–Kier alpha value is -1.02. The second-order valence-electron chi connectivity index (χ2n) is 6.86. The van der Waals surface area contributed by atoms with E-state index in [1.54, 1.807) is 7.11 Å². The monoisotopic (exact) mass is 261 g/mol. The van der Waals surface area contributed by atoms with Crippen LogP contribution in [0.3, 0.4) is 0 Å². The molecular formula is C17H27NO. The van der Waals surface area contributed by atoms with Crippen molar-refractivity contribution in [2.24, 2.45) is 5.41 Å². The summed E-state index contributed by atoms with van der Waals surface area (Å²) in [6.07, 6.45) is 2.45. The van der Waals surface area contributed by atoms with Crippen LogP contribution in [0, 0.1) is 5.41 Å². The summed E-state index contributed by atoms with van der Waals surface area (Å²) in [6, 6.07) is 9.62. The van der Waals surface area contributed by atoms with E-state index in [9.17, 15) is 0 Å². The molecule has 1 aliphatic rings. The SMILES string of the molecule is COc1ccccc1C1CC(NC(C)C(C)(C)C)C1. The fourth-order valence-corrected chi connectivity index (χ4v) is 2.62. The lowest BCUT2D eigenvalue weighted by molar-refractivity contribution is 0.201. The molecule has 2 rings (SSSR count). The Morgan fingerprint density at radius 1 is 1.21 bits per heavy atom. The van der Waals surface area contributed by atoms with Gasteiger partial charge in [-0.25, -0.2) is 0 Å². The summed E-state index contributed by atoms with van der Waals surface area (Å²) in [5.41, 5.74) is 1.70. The molecule has 0 aliphatic heterocycles.